The van der Waals surface area contributed by atoms with E-state index in [2.05, 4.69) is 40.2 Å². The van der Waals surface area contributed by atoms with E-state index in [1.54, 1.807) is 0 Å². The Labute approximate surface area is 112 Å². The van der Waals surface area contributed by atoms with Crippen molar-refractivity contribution in [2.75, 3.05) is 5.88 Å². The van der Waals surface area contributed by atoms with Crippen LogP contribution in [0.4, 0.5) is 0 Å². The van der Waals surface area contributed by atoms with Gasteiger partial charge >= 0.3 is 0 Å². The average molecular weight is 302 g/mol. The lowest BCUT2D eigenvalue weighted by Gasteiger charge is -2.32. The van der Waals surface area contributed by atoms with Gasteiger partial charge < -0.3 is 0 Å². The number of rotatable bonds is 3. The SMILES string of the molecule is ClCCc1ccc(C2(Br)CCCCC2)cc1. The normalized spacial score (nSPS) is 19.6. The number of alkyl halides is 2. The van der Waals surface area contributed by atoms with Crippen molar-refractivity contribution in [3.05, 3.63) is 35.4 Å². The molecule has 0 nitrogen and oxygen atoms in total. The third-order valence-electron chi connectivity index (χ3n) is 3.50. The van der Waals surface area contributed by atoms with E-state index in [1.807, 2.05) is 0 Å². The van der Waals surface area contributed by atoms with Gasteiger partial charge in [-0.3, -0.25) is 0 Å². The molecule has 0 atom stereocenters. The highest BCUT2D eigenvalue weighted by molar-refractivity contribution is 9.09. The highest BCUT2D eigenvalue weighted by Crippen LogP contribution is 2.44. The molecule has 0 heterocycles. The summed E-state index contributed by atoms with van der Waals surface area (Å²) in [6.45, 7) is 0. The minimum absolute atomic E-state index is 0.241. The molecule has 1 aliphatic rings. The van der Waals surface area contributed by atoms with E-state index >= 15 is 0 Å². The standard InChI is InChI=1S/C14H18BrCl/c15-14(9-2-1-3-10-14)13-6-4-12(5-7-13)8-11-16/h4-7H,1-3,8-11H2. The van der Waals surface area contributed by atoms with Gasteiger partial charge in [0.15, 0.2) is 0 Å². The van der Waals surface area contributed by atoms with E-state index in [0.29, 0.717) is 5.88 Å². The molecule has 1 aromatic carbocycles. The molecule has 0 amide bonds. The van der Waals surface area contributed by atoms with Crippen molar-refractivity contribution in [2.45, 2.75) is 42.8 Å². The summed E-state index contributed by atoms with van der Waals surface area (Å²) in [7, 11) is 0. The van der Waals surface area contributed by atoms with Crippen LogP contribution in [-0.2, 0) is 10.7 Å². The van der Waals surface area contributed by atoms with Crippen LogP contribution in [0.15, 0.2) is 24.3 Å². The lowest BCUT2D eigenvalue weighted by molar-refractivity contribution is 0.415. The number of aryl methyl sites for hydroxylation is 1. The van der Waals surface area contributed by atoms with Gasteiger partial charge in [-0.05, 0) is 30.4 Å². The van der Waals surface area contributed by atoms with Crippen molar-refractivity contribution in [3.63, 3.8) is 0 Å². The molecule has 0 aromatic heterocycles. The first-order chi connectivity index (χ1) is 7.74. The topological polar surface area (TPSA) is 0 Å². The smallest absolute Gasteiger partial charge is 0.0506 e. The Morgan fingerprint density at radius 3 is 2.25 bits per heavy atom. The Hall–Kier alpha value is -0.0100. The summed E-state index contributed by atoms with van der Waals surface area (Å²) in [6, 6.07) is 8.97. The molecule has 2 heteroatoms. The second-order valence-corrected chi connectivity index (χ2v) is 6.56. The molecule has 0 spiro atoms. The van der Waals surface area contributed by atoms with Crippen molar-refractivity contribution in [2.24, 2.45) is 0 Å². The second kappa shape index (κ2) is 5.55. The van der Waals surface area contributed by atoms with E-state index in [4.69, 9.17) is 11.6 Å². The number of hydrogen-bond acceptors (Lipinski definition) is 0. The third kappa shape index (κ3) is 2.81. The highest BCUT2D eigenvalue weighted by Gasteiger charge is 2.30. The lowest BCUT2D eigenvalue weighted by Crippen LogP contribution is -2.21. The summed E-state index contributed by atoms with van der Waals surface area (Å²) < 4.78 is 0.241. The van der Waals surface area contributed by atoms with Gasteiger partial charge in [-0.1, -0.05) is 59.5 Å². The van der Waals surface area contributed by atoms with Crippen LogP contribution in [0.25, 0.3) is 0 Å². The van der Waals surface area contributed by atoms with E-state index in [0.717, 1.165) is 6.42 Å². The van der Waals surface area contributed by atoms with Crippen LogP contribution in [0.3, 0.4) is 0 Å². The fraction of sp³-hybridized carbons (Fsp3) is 0.571. The Bertz CT molecular complexity index is 325. The van der Waals surface area contributed by atoms with E-state index in [-0.39, 0.29) is 4.32 Å². The van der Waals surface area contributed by atoms with E-state index < -0.39 is 0 Å². The predicted octanol–water partition coefficient (Wildman–Crippen LogP) is 5.02. The van der Waals surface area contributed by atoms with Crippen molar-refractivity contribution in [1.29, 1.82) is 0 Å². The van der Waals surface area contributed by atoms with Gasteiger partial charge in [-0.2, -0.15) is 0 Å². The van der Waals surface area contributed by atoms with Crippen LogP contribution in [-0.4, -0.2) is 5.88 Å². The second-order valence-electron chi connectivity index (χ2n) is 4.66. The summed E-state index contributed by atoms with van der Waals surface area (Å²) in [6.07, 6.45) is 7.57. The maximum absolute atomic E-state index is 5.74. The molecular weight excluding hydrogens is 284 g/mol. The van der Waals surface area contributed by atoms with Gasteiger partial charge in [0.05, 0.1) is 4.32 Å². The van der Waals surface area contributed by atoms with Gasteiger partial charge in [-0.15, -0.1) is 11.6 Å². The first kappa shape index (κ1) is 12.4. The molecule has 1 fully saturated rings. The van der Waals surface area contributed by atoms with Crippen molar-refractivity contribution >= 4 is 27.5 Å². The highest BCUT2D eigenvalue weighted by atomic mass is 79.9. The largest absolute Gasteiger partial charge is 0.126 e. The van der Waals surface area contributed by atoms with Crippen molar-refractivity contribution in [3.8, 4) is 0 Å². The molecule has 0 bridgehead atoms. The van der Waals surface area contributed by atoms with Gasteiger partial charge in [-0.25, -0.2) is 0 Å². The first-order valence-electron chi connectivity index (χ1n) is 6.09. The summed E-state index contributed by atoms with van der Waals surface area (Å²) >= 11 is 9.68. The molecule has 1 aromatic rings. The minimum Gasteiger partial charge on any atom is -0.126 e. The van der Waals surface area contributed by atoms with Gasteiger partial charge in [0.2, 0.25) is 0 Å². The summed E-state index contributed by atoms with van der Waals surface area (Å²) in [4.78, 5) is 0. The summed E-state index contributed by atoms with van der Waals surface area (Å²) in [5.41, 5.74) is 2.77. The Morgan fingerprint density at radius 2 is 1.69 bits per heavy atom. The zero-order valence-electron chi connectivity index (χ0n) is 9.52. The Balaban J connectivity index is 2.13. The maximum Gasteiger partial charge on any atom is 0.0506 e. The fourth-order valence-electron chi connectivity index (χ4n) is 2.48. The van der Waals surface area contributed by atoms with Crippen LogP contribution in [0.1, 0.15) is 43.2 Å². The van der Waals surface area contributed by atoms with Gasteiger partial charge in [0.25, 0.3) is 0 Å². The van der Waals surface area contributed by atoms with Crippen LogP contribution in [0, 0.1) is 0 Å². The molecule has 1 aliphatic carbocycles. The minimum atomic E-state index is 0.241. The van der Waals surface area contributed by atoms with Gasteiger partial charge in [0.1, 0.15) is 0 Å². The van der Waals surface area contributed by atoms with Gasteiger partial charge in [0, 0.05) is 5.88 Å². The van der Waals surface area contributed by atoms with E-state index in [9.17, 15) is 0 Å². The van der Waals surface area contributed by atoms with Crippen LogP contribution in [0.2, 0.25) is 0 Å². The number of benzene rings is 1. The molecule has 2 rings (SSSR count). The molecule has 1 saturated carbocycles. The monoisotopic (exact) mass is 300 g/mol. The van der Waals surface area contributed by atoms with Crippen LogP contribution >= 0.6 is 27.5 Å². The first-order valence-corrected chi connectivity index (χ1v) is 7.42. The number of halogens is 2. The molecule has 0 N–H and O–H groups in total. The van der Waals surface area contributed by atoms with Crippen molar-refractivity contribution in [1.82, 2.24) is 0 Å². The Morgan fingerprint density at radius 1 is 1.06 bits per heavy atom. The van der Waals surface area contributed by atoms with E-state index in [1.165, 1.54) is 43.2 Å². The summed E-state index contributed by atoms with van der Waals surface area (Å²) in [5, 5.41) is 0. The molecule has 88 valence electrons. The maximum atomic E-state index is 5.74. The molecule has 0 saturated heterocycles. The fourth-order valence-corrected chi connectivity index (χ4v) is 3.52. The van der Waals surface area contributed by atoms with Crippen LogP contribution < -0.4 is 0 Å². The van der Waals surface area contributed by atoms with Crippen molar-refractivity contribution < 1.29 is 0 Å². The average Bonchev–Trinajstić information content (AvgIpc) is 2.31. The quantitative estimate of drug-likeness (QED) is 0.688. The molecule has 0 aliphatic heterocycles. The lowest BCUT2D eigenvalue weighted by atomic mass is 9.83. The molecule has 0 radical (unpaired) electrons. The summed E-state index contributed by atoms with van der Waals surface area (Å²) in [5.74, 6) is 0.707. The molecule has 0 unspecified atom stereocenters. The zero-order chi connectivity index (χ0) is 11.4. The third-order valence-corrected chi connectivity index (χ3v) is 4.94. The Kier molecular flexibility index (Phi) is 4.32. The predicted molar refractivity (Wildman–Crippen MR) is 74.6 cm³/mol. The number of hydrogen-bond donors (Lipinski definition) is 0. The van der Waals surface area contributed by atoms with Crippen LogP contribution in [0.5, 0.6) is 0 Å². The molecular formula is C14H18BrCl. The molecule has 16 heavy (non-hydrogen) atoms. The zero-order valence-corrected chi connectivity index (χ0v) is 11.9.